The molecule has 182 valence electrons. The SMILES string of the molecule is c1ccc2c(c1)oc1c(-c3ccc(-c4cccc5oc6ccccc6c45)c4oc5ccccc5c34)cccc12. The van der Waals surface area contributed by atoms with E-state index in [9.17, 15) is 0 Å². The zero-order chi connectivity index (χ0) is 25.5. The highest BCUT2D eigenvalue weighted by Crippen LogP contribution is 2.46. The van der Waals surface area contributed by atoms with Crippen molar-refractivity contribution >= 4 is 65.8 Å². The molecule has 0 saturated heterocycles. The van der Waals surface area contributed by atoms with Gasteiger partial charge in [0, 0.05) is 43.4 Å². The van der Waals surface area contributed by atoms with Crippen molar-refractivity contribution in [1.82, 2.24) is 0 Å². The number of rotatable bonds is 2. The molecule has 0 bridgehead atoms. The predicted octanol–water partition coefficient (Wildman–Crippen LogP) is 10.7. The van der Waals surface area contributed by atoms with Crippen LogP contribution in [0.3, 0.4) is 0 Å². The maximum atomic E-state index is 6.65. The van der Waals surface area contributed by atoms with E-state index in [0.29, 0.717) is 0 Å². The second-order valence-corrected chi connectivity index (χ2v) is 10.0. The van der Waals surface area contributed by atoms with Crippen molar-refractivity contribution in [2.75, 3.05) is 0 Å². The summed E-state index contributed by atoms with van der Waals surface area (Å²) in [6.45, 7) is 0. The molecule has 9 aromatic rings. The van der Waals surface area contributed by atoms with E-state index in [0.717, 1.165) is 88.1 Å². The fourth-order valence-electron chi connectivity index (χ4n) is 6.22. The molecule has 0 spiro atoms. The maximum Gasteiger partial charge on any atom is 0.143 e. The first-order chi connectivity index (χ1) is 19.3. The summed E-state index contributed by atoms with van der Waals surface area (Å²) in [5.41, 5.74) is 9.54. The van der Waals surface area contributed by atoms with Crippen LogP contribution in [0.1, 0.15) is 0 Å². The molecular weight excluding hydrogens is 480 g/mol. The molecule has 0 unspecified atom stereocenters. The van der Waals surface area contributed by atoms with Gasteiger partial charge in [0.15, 0.2) is 0 Å². The zero-order valence-corrected chi connectivity index (χ0v) is 20.8. The predicted molar refractivity (Wildman–Crippen MR) is 159 cm³/mol. The molecule has 9 rings (SSSR count). The first-order valence-electron chi connectivity index (χ1n) is 13.1. The van der Waals surface area contributed by atoms with Crippen LogP contribution in [0.15, 0.2) is 135 Å². The number of fused-ring (bicyclic) bond motifs is 9. The van der Waals surface area contributed by atoms with Gasteiger partial charge in [-0.1, -0.05) is 91.0 Å². The van der Waals surface area contributed by atoms with Gasteiger partial charge in [0.25, 0.3) is 0 Å². The second-order valence-electron chi connectivity index (χ2n) is 10.0. The van der Waals surface area contributed by atoms with Crippen LogP contribution in [0, 0.1) is 0 Å². The Hall–Kier alpha value is -5.28. The van der Waals surface area contributed by atoms with Gasteiger partial charge in [-0.2, -0.15) is 0 Å². The van der Waals surface area contributed by atoms with Crippen LogP contribution in [-0.4, -0.2) is 0 Å². The first-order valence-corrected chi connectivity index (χ1v) is 13.1. The monoisotopic (exact) mass is 500 g/mol. The molecule has 3 heterocycles. The summed E-state index contributed by atoms with van der Waals surface area (Å²) in [5, 5.41) is 6.61. The minimum absolute atomic E-state index is 0.861. The van der Waals surface area contributed by atoms with Crippen molar-refractivity contribution in [2.45, 2.75) is 0 Å². The van der Waals surface area contributed by atoms with Crippen LogP contribution in [0.2, 0.25) is 0 Å². The zero-order valence-electron chi connectivity index (χ0n) is 20.8. The molecule has 3 nitrogen and oxygen atoms in total. The highest BCUT2D eigenvalue weighted by Gasteiger charge is 2.22. The molecule has 3 heteroatoms. The number of hydrogen-bond acceptors (Lipinski definition) is 3. The molecule has 0 saturated carbocycles. The van der Waals surface area contributed by atoms with Crippen LogP contribution in [0.4, 0.5) is 0 Å². The molecule has 0 aliphatic heterocycles. The summed E-state index contributed by atoms with van der Waals surface area (Å²) >= 11 is 0. The lowest BCUT2D eigenvalue weighted by Gasteiger charge is -2.10. The summed E-state index contributed by atoms with van der Waals surface area (Å²) in [5.74, 6) is 0. The lowest BCUT2D eigenvalue weighted by Crippen LogP contribution is -1.85. The Balaban J connectivity index is 1.41. The largest absolute Gasteiger partial charge is 0.456 e. The molecule has 0 atom stereocenters. The van der Waals surface area contributed by atoms with E-state index in [-0.39, 0.29) is 0 Å². The lowest BCUT2D eigenvalue weighted by molar-refractivity contribution is 0.668. The van der Waals surface area contributed by atoms with Gasteiger partial charge in [0.05, 0.1) is 0 Å². The average molecular weight is 501 g/mol. The van der Waals surface area contributed by atoms with Crippen molar-refractivity contribution < 1.29 is 13.3 Å². The molecule has 0 N–H and O–H groups in total. The third kappa shape index (κ3) is 2.82. The number of benzene rings is 6. The van der Waals surface area contributed by atoms with Crippen LogP contribution >= 0.6 is 0 Å². The standard InChI is InChI=1S/C36H20O3/c1-4-15-29-21(9-1)24-13-7-14-25(35(24)38-29)23-19-20-26(36-34(23)28-11-3-6-17-31(28)39-36)22-12-8-18-32-33(22)27-10-2-5-16-30(27)37-32/h1-20H. The molecule has 3 aromatic heterocycles. The average Bonchev–Trinajstić information content (AvgIpc) is 3.68. The van der Waals surface area contributed by atoms with Gasteiger partial charge in [-0.05, 0) is 41.5 Å². The van der Waals surface area contributed by atoms with Crippen LogP contribution < -0.4 is 0 Å². The molecule has 0 aliphatic rings. The topological polar surface area (TPSA) is 39.4 Å². The number of hydrogen-bond donors (Lipinski definition) is 0. The van der Waals surface area contributed by atoms with Gasteiger partial charge >= 0.3 is 0 Å². The fourth-order valence-corrected chi connectivity index (χ4v) is 6.22. The third-order valence-corrected chi connectivity index (χ3v) is 7.91. The van der Waals surface area contributed by atoms with Crippen LogP contribution in [0.5, 0.6) is 0 Å². The van der Waals surface area contributed by atoms with Gasteiger partial charge < -0.3 is 13.3 Å². The quantitative estimate of drug-likeness (QED) is 0.237. The molecule has 0 amide bonds. The van der Waals surface area contributed by atoms with Crippen molar-refractivity contribution in [1.29, 1.82) is 0 Å². The summed E-state index contributed by atoms with van der Waals surface area (Å²) in [6, 6.07) is 41.7. The van der Waals surface area contributed by atoms with Crippen molar-refractivity contribution in [3.63, 3.8) is 0 Å². The third-order valence-electron chi connectivity index (χ3n) is 7.91. The molecule has 0 aliphatic carbocycles. The summed E-state index contributed by atoms with van der Waals surface area (Å²) in [6.07, 6.45) is 0. The lowest BCUT2D eigenvalue weighted by atomic mass is 9.92. The van der Waals surface area contributed by atoms with E-state index >= 15 is 0 Å². The number of furan rings is 3. The first kappa shape index (κ1) is 20.7. The minimum atomic E-state index is 0.861. The Morgan fingerprint density at radius 3 is 1.59 bits per heavy atom. The molecule has 0 radical (unpaired) electrons. The van der Waals surface area contributed by atoms with Gasteiger partial charge in [0.1, 0.15) is 33.5 Å². The molecular formula is C36H20O3. The Morgan fingerprint density at radius 1 is 0.282 bits per heavy atom. The van der Waals surface area contributed by atoms with E-state index < -0.39 is 0 Å². The van der Waals surface area contributed by atoms with E-state index in [1.54, 1.807) is 0 Å². The number of para-hydroxylation sites is 4. The van der Waals surface area contributed by atoms with E-state index in [4.69, 9.17) is 13.3 Å². The van der Waals surface area contributed by atoms with Gasteiger partial charge in [-0.15, -0.1) is 0 Å². The summed E-state index contributed by atoms with van der Waals surface area (Å²) < 4.78 is 19.3. The maximum absolute atomic E-state index is 6.65. The Labute approximate surface area is 222 Å². The highest BCUT2D eigenvalue weighted by molar-refractivity contribution is 6.22. The Morgan fingerprint density at radius 2 is 0.769 bits per heavy atom. The van der Waals surface area contributed by atoms with Crippen molar-refractivity contribution in [3.05, 3.63) is 121 Å². The Kier molecular flexibility index (Phi) is 4.05. The summed E-state index contributed by atoms with van der Waals surface area (Å²) in [4.78, 5) is 0. The smallest absolute Gasteiger partial charge is 0.143 e. The molecule has 6 aromatic carbocycles. The van der Waals surface area contributed by atoms with Crippen molar-refractivity contribution in [3.8, 4) is 22.3 Å². The minimum Gasteiger partial charge on any atom is -0.456 e. The van der Waals surface area contributed by atoms with Gasteiger partial charge in [0.2, 0.25) is 0 Å². The normalized spacial score (nSPS) is 12.1. The summed E-state index contributed by atoms with van der Waals surface area (Å²) in [7, 11) is 0. The van der Waals surface area contributed by atoms with Crippen LogP contribution in [-0.2, 0) is 0 Å². The molecule has 39 heavy (non-hydrogen) atoms. The van der Waals surface area contributed by atoms with Gasteiger partial charge in [-0.3, -0.25) is 0 Å². The van der Waals surface area contributed by atoms with E-state index in [1.165, 1.54) is 0 Å². The fraction of sp³-hybridized carbons (Fsp3) is 0. The Bertz CT molecular complexity index is 2400. The second kappa shape index (κ2) is 7.62. The molecule has 0 fully saturated rings. The highest BCUT2D eigenvalue weighted by atomic mass is 16.3. The van der Waals surface area contributed by atoms with E-state index in [1.807, 2.05) is 42.5 Å². The van der Waals surface area contributed by atoms with E-state index in [2.05, 4.69) is 78.9 Å². The van der Waals surface area contributed by atoms with Crippen molar-refractivity contribution in [2.24, 2.45) is 0 Å². The van der Waals surface area contributed by atoms with Gasteiger partial charge in [-0.25, -0.2) is 0 Å². The van der Waals surface area contributed by atoms with Crippen LogP contribution in [0.25, 0.3) is 88.1 Å².